The highest BCUT2D eigenvalue weighted by Crippen LogP contribution is 2.24. The third-order valence-corrected chi connectivity index (χ3v) is 4.22. The van der Waals surface area contributed by atoms with Crippen LogP contribution < -0.4 is 15.4 Å². The number of anilines is 1. The number of hydrogen-bond acceptors (Lipinski definition) is 7. The topological polar surface area (TPSA) is 131 Å². The van der Waals surface area contributed by atoms with E-state index < -0.39 is 18.3 Å². The van der Waals surface area contributed by atoms with Crippen molar-refractivity contribution in [2.24, 2.45) is 0 Å². The van der Waals surface area contributed by atoms with Crippen LogP contribution in [0.2, 0.25) is 0 Å². The van der Waals surface area contributed by atoms with Crippen LogP contribution in [0.25, 0.3) is 16.7 Å². The summed E-state index contributed by atoms with van der Waals surface area (Å²) >= 11 is 0. The van der Waals surface area contributed by atoms with E-state index >= 15 is 0 Å². The minimum Gasteiger partial charge on any atom is -0.497 e. The maximum atomic E-state index is 11.3. The van der Waals surface area contributed by atoms with Crippen LogP contribution >= 0.6 is 0 Å². The average Bonchev–Trinajstić information content (AvgIpc) is 3.05. The van der Waals surface area contributed by atoms with E-state index in [0.29, 0.717) is 36.7 Å². The number of rotatable bonds is 9. The molecule has 0 aliphatic rings. The van der Waals surface area contributed by atoms with Gasteiger partial charge in [-0.05, 0) is 31.9 Å². The van der Waals surface area contributed by atoms with Gasteiger partial charge in [0, 0.05) is 19.2 Å². The fraction of sp³-hybridized carbons (Fsp3) is 0.389. The number of nitrogens with zero attached hydrogens (tertiary/aromatic N) is 4. The van der Waals surface area contributed by atoms with Crippen molar-refractivity contribution in [2.45, 2.75) is 26.2 Å². The molecular weight excluding hydrogens is 364 g/mol. The van der Waals surface area contributed by atoms with E-state index in [1.807, 2.05) is 29.5 Å². The van der Waals surface area contributed by atoms with E-state index in [2.05, 4.69) is 25.8 Å². The van der Waals surface area contributed by atoms with Crippen LogP contribution in [0, 0.1) is 6.92 Å². The second-order valence-corrected chi connectivity index (χ2v) is 6.28. The first-order valence-electron chi connectivity index (χ1n) is 8.91. The monoisotopic (exact) mass is 386 g/mol. The van der Waals surface area contributed by atoms with Crippen molar-refractivity contribution in [3.63, 3.8) is 0 Å². The number of carbonyl (C=O) groups excluding carboxylic acids is 1. The summed E-state index contributed by atoms with van der Waals surface area (Å²) in [6.07, 6.45) is 0.971. The number of aromatic nitrogens is 4. The highest BCUT2D eigenvalue weighted by Gasteiger charge is 2.13. The van der Waals surface area contributed by atoms with Gasteiger partial charge in [-0.1, -0.05) is 0 Å². The summed E-state index contributed by atoms with van der Waals surface area (Å²) in [4.78, 5) is 26.4. The third-order valence-electron chi connectivity index (χ3n) is 4.22. The molecule has 3 N–H and O–H groups in total. The molecule has 2 aromatic heterocycles. The number of carboxylic acid groups (broad SMARTS) is 1. The number of benzene rings is 1. The number of unbranched alkanes of at least 4 members (excludes halogenated alkanes) is 1. The first-order chi connectivity index (χ1) is 13.5. The number of carbonyl (C=O) groups is 2. The molecule has 0 fully saturated rings. The van der Waals surface area contributed by atoms with Gasteiger partial charge in [0.15, 0.2) is 5.82 Å². The number of hydrogen-bond donors (Lipinski definition) is 3. The lowest BCUT2D eigenvalue weighted by molar-refractivity contribution is -0.140. The van der Waals surface area contributed by atoms with Gasteiger partial charge >= 0.3 is 5.97 Å². The van der Waals surface area contributed by atoms with Crippen molar-refractivity contribution in [3.8, 4) is 5.75 Å². The Bertz CT molecular complexity index is 1020. The van der Waals surface area contributed by atoms with E-state index in [0.717, 1.165) is 23.3 Å². The Morgan fingerprint density at radius 1 is 1.21 bits per heavy atom. The van der Waals surface area contributed by atoms with Crippen molar-refractivity contribution >= 4 is 34.4 Å². The van der Waals surface area contributed by atoms with Crippen molar-refractivity contribution in [1.29, 1.82) is 0 Å². The number of methoxy groups -OCH3 is 1. The number of fused-ring (bicyclic) bond motifs is 3. The van der Waals surface area contributed by atoms with Gasteiger partial charge in [0.25, 0.3) is 0 Å². The lowest BCUT2D eigenvalue weighted by Gasteiger charge is -2.11. The van der Waals surface area contributed by atoms with Crippen molar-refractivity contribution < 1.29 is 19.4 Å². The number of aliphatic carboxylic acids is 1. The molecule has 3 rings (SSSR count). The van der Waals surface area contributed by atoms with Crippen LogP contribution in [-0.2, 0) is 9.59 Å². The van der Waals surface area contributed by atoms with E-state index in [4.69, 9.17) is 9.84 Å². The number of nitrogens with one attached hydrogen (secondary N) is 2. The fourth-order valence-corrected chi connectivity index (χ4v) is 2.89. The van der Waals surface area contributed by atoms with Gasteiger partial charge < -0.3 is 20.5 Å². The van der Waals surface area contributed by atoms with E-state index in [-0.39, 0.29) is 0 Å². The number of amides is 1. The summed E-state index contributed by atoms with van der Waals surface area (Å²) in [5.74, 6) is 0.484. The van der Waals surface area contributed by atoms with Crippen molar-refractivity contribution in [3.05, 3.63) is 24.0 Å². The Morgan fingerprint density at radius 3 is 2.75 bits per heavy atom. The molecule has 10 heteroatoms. The summed E-state index contributed by atoms with van der Waals surface area (Å²) in [6, 6.07) is 5.65. The molecule has 0 bridgehead atoms. The van der Waals surface area contributed by atoms with Crippen LogP contribution in [0.3, 0.4) is 0 Å². The Morgan fingerprint density at radius 2 is 2.00 bits per heavy atom. The van der Waals surface area contributed by atoms with E-state index in [1.165, 1.54) is 0 Å². The molecule has 2 heterocycles. The van der Waals surface area contributed by atoms with Crippen molar-refractivity contribution in [2.75, 3.05) is 25.5 Å². The Kier molecular flexibility index (Phi) is 5.87. The van der Waals surface area contributed by atoms with Crippen LogP contribution in [0.1, 0.15) is 25.1 Å². The van der Waals surface area contributed by atoms with Gasteiger partial charge in [-0.3, -0.25) is 14.0 Å². The summed E-state index contributed by atoms with van der Waals surface area (Å²) in [5, 5.41) is 22.8. The average molecular weight is 386 g/mol. The Labute approximate surface area is 160 Å². The normalized spacial score (nSPS) is 10.9. The molecule has 0 spiro atoms. The van der Waals surface area contributed by atoms with Crippen LogP contribution in [0.5, 0.6) is 5.75 Å². The molecule has 0 atom stereocenters. The van der Waals surface area contributed by atoms with Crippen molar-refractivity contribution in [1.82, 2.24) is 24.9 Å². The minimum atomic E-state index is -1.13. The maximum Gasteiger partial charge on any atom is 0.312 e. The summed E-state index contributed by atoms with van der Waals surface area (Å²) in [5.41, 5.74) is 2.30. The third kappa shape index (κ3) is 4.27. The molecule has 3 aromatic rings. The quantitative estimate of drug-likeness (QED) is 0.371. The maximum absolute atomic E-state index is 11.3. The van der Waals surface area contributed by atoms with Gasteiger partial charge in [0.1, 0.15) is 18.0 Å². The van der Waals surface area contributed by atoms with Gasteiger partial charge in [0.05, 0.1) is 18.1 Å². The molecule has 10 nitrogen and oxygen atoms in total. The number of ether oxygens (including phenoxy) is 1. The number of carboxylic acids is 1. The van der Waals surface area contributed by atoms with Crippen LogP contribution in [0.15, 0.2) is 18.2 Å². The lowest BCUT2D eigenvalue weighted by Crippen LogP contribution is -2.26. The standard InChI is InChI=1S/C18H22N6O4/c1-11-22-23-18-17(20-8-4-3-7-19-15(25)10-16(26)27)21-13-9-12(28-2)5-6-14(13)24(11)18/h5-6,9H,3-4,7-8,10H2,1-2H3,(H,19,25)(H,20,21)(H,26,27). The molecule has 1 aromatic carbocycles. The highest BCUT2D eigenvalue weighted by molar-refractivity contribution is 5.93. The molecular formula is C18H22N6O4. The van der Waals surface area contributed by atoms with Gasteiger partial charge in [-0.2, -0.15) is 0 Å². The zero-order chi connectivity index (χ0) is 20.1. The first kappa shape index (κ1) is 19.3. The zero-order valence-electron chi connectivity index (χ0n) is 15.7. The minimum absolute atomic E-state index is 0.426. The number of aryl methyl sites for hydroxylation is 1. The molecule has 0 saturated heterocycles. The molecule has 0 unspecified atom stereocenters. The Hall–Kier alpha value is -3.43. The molecule has 0 aliphatic carbocycles. The SMILES string of the molecule is COc1ccc2c(c1)nc(NCCCCNC(=O)CC(=O)O)c1nnc(C)n12. The molecule has 148 valence electrons. The smallest absolute Gasteiger partial charge is 0.312 e. The zero-order valence-corrected chi connectivity index (χ0v) is 15.7. The highest BCUT2D eigenvalue weighted by atomic mass is 16.5. The molecule has 0 aliphatic heterocycles. The van der Waals surface area contributed by atoms with E-state index in [1.54, 1.807) is 7.11 Å². The molecule has 0 saturated carbocycles. The second kappa shape index (κ2) is 8.51. The first-order valence-corrected chi connectivity index (χ1v) is 8.91. The molecule has 1 amide bonds. The largest absolute Gasteiger partial charge is 0.497 e. The van der Waals surface area contributed by atoms with Gasteiger partial charge in [-0.15, -0.1) is 10.2 Å². The van der Waals surface area contributed by atoms with Gasteiger partial charge in [-0.25, -0.2) is 4.98 Å². The fourth-order valence-electron chi connectivity index (χ4n) is 2.89. The van der Waals surface area contributed by atoms with E-state index in [9.17, 15) is 9.59 Å². The van der Waals surface area contributed by atoms with Crippen LogP contribution in [-0.4, -0.2) is 56.8 Å². The molecule has 0 radical (unpaired) electrons. The summed E-state index contributed by atoms with van der Waals surface area (Å²) in [7, 11) is 1.61. The predicted molar refractivity (Wildman–Crippen MR) is 103 cm³/mol. The van der Waals surface area contributed by atoms with Gasteiger partial charge in [0.2, 0.25) is 11.6 Å². The molecule has 28 heavy (non-hydrogen) atoms. The summed E-state index contributed by atoms with van der Waals surface area (Å²) < 4.78 is 7.22. The second-order valence-electron chi connectivity index (χ2n) is 6.28. The summed E-state index contributed by atoms with van der Waals surface area (Å²) in [6.45, 7) is 2.93. The van der Waals surface area contributed by atoms with Crippen LogP contribution in [0.4, 0.5) is 5.82 Å². The Balaban J connectivity index is 1.65. The predicted octanol–water partition coefficient (Wildman–Crippen LogP) is 1.38. The lowest BCUT2D eigenvalue weighted by atomic mass is 10.2.